The molecule has 1 N–H and O–H groups in total. The summed E-state index contributed by atoms with van der Waals surface area (Å²) in [5.41, 5.74) is 2.21. The van der Waals surface area contributed by atoms with Gasteiger partial charge in [-0.15, -0.1) is 0 Å². The summed E-state index contributed by atoms with van der Waals surface area (Å²) >= 11 is 0. The van der Waals surface area contributed by atoms with Crippen molar-refractivity contribution in [2.24, 2.45) is 0 Å². The lowest BCUT2D eigenvalue weighted by molar-refractivity contribution is -0.116. The minimum absolute atomic E-state index is 0.0802. The molecule has 2 aromatic carbocycles. The van der Waals surface area contributed by atoms with Gasteiger partial charge in [0, 0.05) is 36.5 Å². The van der Waals surface area contributed by atoms with Crippen LogP contribution in [-0.2, 0) is 11.2 Å². The molecule has 0 saturated heterocycles. The molecular formula is C24H29NO5. The first-order valence-electron chi connectivity index (χ1n) is 10.5. The lowest BCUT2D eigenvalue weighted by Crippen LogP contribution is -2.14. The highest BCUT2D eigenvalue weighted by Crippen LogP contribution is 2.38. The Balaban J connectivity index is 1.58. The minimum atomic E-state index is -0.238. The van der Waals surface area contributed by atoms with Gasteiger partial charge in [0.15, 0.2) is 5.78 Å². The van der Waals surface area contributed by atoms with Crippen LogP contribution in [0.2, 0.25) is 0 Å². The second-order valence-corrected chi connectivity index (χ2v) is 7.37. The Morgan fingerprint density at radius 3 is 2.57 bits per heavy atom. The number of hydrogen-bond acceptors (Lipinski definition) is 5. The smallest absolute Gasteiger partial charge is 0.224 e. The number of rotatable bonds is 10. The van der Waals surface area contributed by atoms with E-state index in [0.29, 0.717) is 30.2 Å². The molecule has 0 radical (unpaired) electrons. The molecule has 160 valence electrons. The Kier molecular flexibility index (Phi) is 7.33. The molecule has 0 fully saturated rings. The predicted molar refractivity (Wildman–Crippen MR) is 116 cm³/mol. The molecule has 3 rings (SSSR count). The average molecular weight is 411 g/mol. The van der Waals surface area contributed by atoms with Gasteiger partial charge in [0.2, 0.25) is 5.91 Å². The van der Waals surface area contributed by atoms with E-state index in [-0.39, 0.29) is 30.6 Å². The molecule has 6 nitrogen and oxygen atoms in total. The molecule has 0 spiro atoms. The van der Waals surface area contributed by atoms with Crippen LogP contribution in [0.25, 0.3) is 0 Å². The van der Waals surface area contributed by atoms with Crippen LogP contribution >= 0.6 is 0 Å². The van der Waals surface area contributed by atoms with Crippen molar-refractivity contribution in [2.45, 2.75) is 52.6 Å². The summed E-state index contributed by atoms with van der Waals surface area (Å²) in [6, 6.07) is 10.8. The molecule has 1 atom stereocenters. The Morgan fingerprint density at radius 2 is 1.87 bits per heavy atom. The van der Waals surface area contributed by atoms with Gasteiger partial charge in [-0.25, -0.2) is 0 Å². The normalized spacial score (nSPS) is 14.6. The van der Waals surface area contributed by atoms with Crippen LogP contribution in [0.3, 0.4) is 0 Å². The van der Waals surface area contributed by atoms with E-state index in [0.717, 1.165) is 29.9 Å². The maximum absolute atomic E-state index is 12.5. The van der Waals surface area contributed by atoms with E-state index in [9.17, 15) is 9.59 Å². The number of Topliss-reactive ketones (excluding diaryl/α,β-unsaturated/α-hetero) is 1. The molecule has 0 saturated carbocycles. The number of carbonyl (C=O) groups is 2. The molecule has 0 bridgehead atoms. The van der Waals surface area contributed by atoms with Crippen LogP contribution in [0.1, 0.15) is 56.0 Å². The maximum Gasteiger partial charge on any atom is 0.224 e. The van der Waals surface area contributed by atoms with E-state index < -0.39 is 0 Å². The number of nitrogens with one attached hydrogen (secondary N) is 1. The molecule has 1 aliphatic heterocycles. The molecule has 30 heavy (non-hydrogen) atoms. The van der Waals surface area contributed by atoms with Gasteiger partial charge in [-0.05, 0) is 50.6 Å². The zero-order valence-corrected chi connectivity index (χ0v) is 17.8. The van der Waals surface area contributed by atoms with Crippen LogP contribution in [0.4, 0.5) is 5.69 Å². The van der Waals surface area contributed by atoms with Crippen molar-refractivity contribution in [3.63, 3.8) is 0 Å². The number of ketones is 1. The van der Waals surface area contributed by atoms with Crippen LogP contribution in [-0.4, -0.2) is 31.0 Å². The zero-order valence-electron chi connectivity index (χ0n) is 17.8. The Hall–Kier alpha value is -3.02. The van der Waals surface area contributed by atoms with Crippen molar-refractivity contribution in [1.29, 1.82) is 0 Å². The first kappa shape index (κ1) is 21.7. The van der Waals surface area contributed by atoms with Crippen molar-refractivity contribution in [3.05, 3.63) is 47.5 Å². The van der Waals surface area contributed by atoms with Gasteiger partial charge < -0.3 is 19.5 Å². The summed E-state index contributed by atoms with van der Waals surface area (Å²) in [5.74, 6) is 1.81. The van der Waals surface area contributed by atoms with Gasteiger partial charge in [0.1, 0.15) is 23.4 Å². The molecule has 6 heteroatoms. The Morgan fingerprint density at radius 1 is 1.10 bits per heavy atom. The number of benzene rings is 2. The second kappa shape index (κ2) is 10.1. The van der Waals surface area contributed by atoms with Crippen molar-refractivity contribution < 1.29 is 23.8 Å². The topological polar surface area (TPSA) is 73.9 Å². The lowest BCUT2D eigenvalue weighted by atomic mass is 10.1. The van der Waals surface area contributed by atoms with Crippen molar-refractivity contribution >= 4 is 17.4 Å². The summed E-state index contributed by atoms with van der Waals surface area (Å²) in [6.07, 6.45) is 2.07. The molecule has 1 amide bonds. The Labute approximate surface area is 177 Å². The van der Waals surface area contributed by atoms with Gasteiger partial charge in [-0.2, -0.15) is 0 Å². The van der Waals surface area contributed by atoms with Gasteiger partial charge in [0.25, 0.3) is 0 Å². The standard InChI is InChI=1S/C24H29NO5/c1-4-12-29-19-8-6-17(7-9-19)21(26)10-11-24(27)25-20-15-22-18(13-16(3)30-22)14-23(20)28-5-2/h6-9,14-16H,4-5,10-13H2,1-3H3,(H,25,27). The van der Waals surface area contributed by atoms with Crippen LogP contribution in [0, 0.1) is 0 Å². The van der Waals surface area contributed by atoms with Gasteiger partial charge in [-0.1, -0.05) is 6.92 Å². The first-order valence-corrected chi connectivity index (χ1v) is 10.5. The summed E-state index contributed by atoms with van der Waals surface area (Å²) in [7, 11) is 0. The van der Waals surface area contributed by atoms with Gasteiger partial charge in [-0.3, -0.25) is 9.59 Å². The molecule has 2 aromatic rings. The molecule has 1 heterocycles. The van der Waals surface area contributed by atoms with Gasteiger partial charge in [0.05, 0.1) is 18.9 Å². The largest absolute Gasteiger partial charge is 0.494 e. The van der Waals surface area contributed by atoms with Crippen LogP contribution < -0.4 is 19.5 Å². The third-order valence-corrected chi connectivity index (χ3v) is 4.80. The molecular weight excluding hydrogens is 382 g/mol. The second-order valence-electron chi connectivity index (χ2n) is 7.37. The fourth-order valence-corrected chi connectivity index (χ4v) is 3.35. The highest BCUT2D eigenvalue weighted by atomic mass is 16.5. The fraction of sp³-hybridized carbons (Fsp3) is 0.417. The minimum Gasteiger partial charge on any atom is -0.494 e. The van der Waals surface area contributed by atoms with Gasteiger partial charge >= 0.3 is 0 Å². The average Bonchev–Trinajstić information content (AvgIpc) is 3.10. The summed E-state index contributed by atoms with van der Waals surface area (Å²) in [6.45, 7) is 7.08. The predicted octanol–water partition coefficient (Wildman–Crippen LogP) is 4.80. The lowest BCUT2D eigenvalue weighted by Gasteiger charge is -2.13. The van der Waals surface area contributed by atoms with E-state index in [4.69, 9.17) is 14.2 Å². The van der Waals surface area contributed by atoms with Crippen LogP contribution in [0.5, 0.6) is 17.2 Å². The SMILES string of the molecule is CCCOc1ccc(C(=O)CCC(=O)Nc2cc3c(cc2OCC)CC(C)O3)cc1. The number of ether oxygens (including phenoxy) is 3. The van der Waals surface area contributed by atoms with E-state index in [1.165, 1.54) is 0 Å². The van der Waals surface area contributed by atoms with E-state index >= 15 is 0 Å². The van der Waals surface area contributed by atoms with Crippen molar-refractivity contribution in [1.82, 2.24) is 0 Å². The molecule has 0 aromatic heterocycles. The summed E-state index contributed by atoms with van der Waals surface area (Å²) in [4.78, 5) is 24.9. The molecule has 1 aliphatic rings. The van der Waals surface area contributed by atoms with E-state index in [1.54, 1.807) is 30.3 Å². The number of fused-ring (bicyclic) bond motifs is 1. The first-order chi connectivity index (χ1) is 14.5. The maximum atomic E-state index is 12.5. The number of anilines is 1. The third kappa shape index (κ3) is 5.53. The number of amides is 1. The number of carbonyl (C=O) groups excluding carboxylic acids is 2. The molecule has 0 aliphatic carbocycles. The quantitative estimate of drug-likeness (QED) is 0.569. The number of hydrogen-bond donors (Lipinski definition) is 1. The monoisotopic (exact) mass is 411 g/mol. The fourth-order valence-electron chi connectivity index (χ4n) is 3.35. The van der Waals surface area contributed by atoms with E-state index in [1.807, 2.05) is 26.8 Å². The molecule has 1 unspecified atom stereocenters. The van der Waals surface area contributed by atoms with Crippen molar-refractivity contribution in [2.75, 3.05) is 18.5 Å². The Bertz CT molecular complexity index is 891. The highest BCUT2D eigenvalue weighted by Gasteiger charge is 2.22. The third-order valence-electron chi connectivity index (χ3n) is 4.80. The summed E-state index contributed by atoms with van der Waals surface area (Å²) in [5, 5.41) is 2.86. The highest BCUT2D eigenvalue weighted by molar-refractivity contribution is 6.00. The van der Waals surface area contributed by atoms with E-state index in [2.05, 4.69) is 5.32 Å². The van der Waals surface area contributed by atoms with Crippen LogP contribution in [0.15, 0.2) is 36.4 Å². The summed E-state index contributed by atoms with van der Waals surface area (Å²) < 4.78 is 17.0. The van der Waals surface area contributed by atoms with Crippen molar-refractivity contribution in [3.8, 4) is 17.2 Å². The zero-order chi connectivity index (χ0) is 21.5.